The molecule has 31 heavy (non-hydrogen) atoms. The molecule has 2 heterocycles. The third-order valence-electron chi connectivity index (χ3n) is 5.58. The number of carbonyl (C=O) groups is 2. The topological polar surface area (TPSA) is 70.1 Å². The van der Waals surface area contributed by atoms with E-state index in [9.17, 15) is 19.1 Å². The number of ketones is 1. The van der Waals surface area contributed by atoms with E-state index in [1.165, 1.54) is 23.1 Å². The first kappa shape index (κ1) is 21.5. The largest absolute Gasteiger partial charge is 0.507 e. The van der Waals surface area contributed by atoms with Crippen LogP contribution in [0, 0.1) is 5.82 Å². The van der Waals surface area contributed by atoms with Crippen molar-refractivity contribution in [2.45, 2.75) is 6.04 Å². The molecular formula is C23H22ClFN2O4. The maximum atomic E-state index is 14.0. The number of aliphatic hydroxyl groups is 1. The Balaban J connectivity index is 1.73. The number of likely N-dealkylation sites (tertiary alicyclic amines) is 1. The molecule has 0 spiro atoms. The molecule has 1 N–H and O–H groups in total. The van der Waals surface area contributed by atoms with Crippen molar-refractivity contribution in [3.63, 3.8) is 0 Å². The molecule has 8 heteroatoms. The average Bonchev–Trinajstić information content (AvgIpc) is 3.03. The second-order valence-electron chi connectivity index (χ2n) is 7.51. The predicted molar refractivity (Wildman–Crippen MR) is 114 cm³/mol. The van der Waals surface area contributed by atoms with E-state index in [2.05, 4.69) is 4.90 Å². The molecule has 2 aliphatic rings. The van der Waals surface area contributed by atoms with Gasteiger partial charge in [0.25, 0.3) is 11.7 Å². The van der Waals surface area contributed by atoms with Crippen molar-refractivity contribution in [1.29, 1.82) is 0 Å². The van der Waals surface area contributed by atoms with Gasteiger partial charge in [-0.15, -0.1) is 0 Å². The van der Waals surface area contributed by atoms with Crippen molar-refractivity contribution in [3.8, 4) is 0 Å². The van der Waals surface area contributed by atoms with Crippen molar-refractivity contribution in [2.24, 2.45) is 0 Å². The molecule has 2 aliphatic heterocycles. The van der Waals surface area contributed by atoms with Crippen LogP contribution >= 0.6 is 11.6 Å². The Bertz CT molecular complexity index is 1020. The summed E-state index contributed by atoms with van der Waals surface area (Å²) in [5.74, 6) is -2.29. The number of nitrogens with zero attached hydrogens (tertiary/aromatic N) is 2. The van der Waals surface area contributed by atoms with E-state index < -0.39 is 23.5 Å². The molecule has 2 aromatic carbocycles. The summed E-state index contributed by atoms with van der Waals surface area (Å²) in [4.78, 5) is 29.4. The first-order chi connectivity index (χ1) is 15.0. The van der Waals surface area contributed by atoms with Crippen LogP contribution in [0.15, 0.2) is 54.1 Å². The van der Waals surface area contributed by atoms with Crippen molar-refractivity contribution >= 4 is 29.1 Å². The summed E-state index contributed by atoms with van der Waals surface area (Å²) >= 11 is 5.93. The minimum absolute atomic E-state index is 0.0556. The van der Waals surface area contributed by atoms with Crippen LogP contribution in [0.1, 0.15) is 17.2 Å². The Kier molecular flexibility index (Phi) is 6.36. The summed E-state index contributed by atoms with van der Waals surface area (Å²) < 4.78 is 19.4. The molecule has 0 saturated carbocycles. The number of halogens is 2. The molecule has 2 aromatic rings. The summed E-state index contributed by atoms with van der Waals surface area (Å²) in [7, 11) is 0. The molecule has 1 atom stereocenters. The van der Waals surface area contributed by atoms with Crippen LogP contribution in [-0.2, 0) is 14.3 Å². The van der Waals surface area contributed by atoms with Crippen LogP contribution in [0.4, 0.5) is 4.39 Å². The van der Waals surface area contributed by atoms with Gasteiger partial charge in [0.15, 0.2) is 0 Å². The lowest BCUT2D eigenvalue weighted by atomic mass is 9.95. The van der Waals surface area contributed by atoms with E-state index in [1.807, 2.05) is 0 Å². The van der Waals surface area contributed by atoms with Gasteiger partial charge in [-0.1, -0.05) is 23.7 Å². The van der Waals surface area contributed by atoms with Gasteiger partial charge in [-0.2, -0.15) is 0 Å². The van der Waals surface area contributed by atoms with Gasteiger partial charge in [-0.3, -0.25) is 14.5 Å². The van der Waals surface area contributed by atoms with Crippen LogP contribution in [-0.4, -0.2) is 66.0 Å². The fraction of sp³-hybridized carbons (Fsp3) is 0.304. The van der Waals surface area contributed by atoms with Gasteiger partial charge in [0, 0.05) is 36.8 Å². The molecule has 2 fully saturated rings. The Morgan fingerprint density at radius 2 is 1.81 bits per heavy atom. The fourth-order valence-electron chi connectivity index (χ4n) is 3.97. The first-order valence-corrected chi connectivity index (χ1v) is 10.4. The lowest BCUT2D eigenvalue weighted by Gasteiger charge is -2.31. The molecule has 6 nitrogen and oxygen atoms in total. The summed E-state index contributed by atoms with van der Waals surface area (Å²) in [5, 5.41) is 11.4. The summed E-state index contributed by atoms with van der Waals surface area (Å²) in [6.07, 6.45) is 0. The molecule has 0 aliphatic carbocycles. The van der Waals surface area contributed by atoms with Crippen molar-refractivity contribution in [2.75, 3.05) is 39.4 Å². The van der Waals surface area contributed by atoms with E-state index in [-0.39, 0.29) is 17.9 Å². The Morgan fingerprint density at radius 1 is 1.10 bits per heavy atom. The van der Waals surface area contributed by atoms with E-state index in [0.717, 1.165) is 13.1 Å². The zero-order valence-electron chi connectivity index (χ0n) is 16.8. The van der Waals surface area contributed by atoms with Crippen LogP contribution in [0.25, 0.3) is 5.76 Å². The molecule has 162 valence electrons. The molecule has 1 amide bonds. The quantitative estimate of drug-likeness (QED) is 0.435. The second kappa shape index (κ2) is 9.18. The zero-order valence-corrected chi connectivity index (χ0v) is 17.5. The molecule has 0 aromatic heterocycles. The van der Waals surface area contributed by atoms with Crippen molar-refractivity contribution < 1.29 is 23.8 Å². The highest BCUT2D eigenvalue weighted by molar-refractivity contribution is 6.46. The van der Waals surface area contributed by atoms with Crippen molar-refractivity contribution in [3.05, 3.63) is 76.1 Å². The van der Waals surface area contributed by atoms with Gasteiger partial charge >= 0.3 is 0 Å². The van der Waals surface area contributed by atoms with Gasteiger partial charge in [0.1, 0.15) is 11.6 Å². The lowest BCUT2D eigenvalue weighted by molar-refractivity contribution is -0.140. The van der Waals surface area contributed by atoms with Crippen LogP contribution in [0.5, 0.6) is 0 Å². The number of aliphatic hydroxyl groups excluding tert-OH is 1. The van der Waals surface area contributed by atoms with E-state index in [4.69, 9.17) is 16.3 Å². The molecule has 4 rings (SSSR count). The van der Waals surface area contributed by atoms with Gasteiger partial charge < -0.3 is 14.7 Å². The lowest BCUT2D eigenvalue weighted by Crippen LogP contribution is -2.42. The predicted octanol–water partition coefficient (Wildman–Crippen LogP) is 3.23. The third kappa shape index (κ3) is 4.49. The van der Waals surface area contributed by atoms with E-state index >= 15 is 0 Å². The standard InChI is InChI=1S/C23H22ClFN2O4/c24-17-6-4-15(5-7-17)21(28)19-20(16-2-1-3-18(25)14-16)27(23(30)22(19)29)9-8-26-10-12-31-13-11-26/h1-7,14,20,28H,8-13H2/b21-19-. The normalized spacial score (nSPS) is 21.6. The fourth-order valence-corrected chi connectivity index (χ4v) is 4.10. The number of Topliss-reactive ketones (excluding diaryl/α,β-unsaturated/α-hetero) is 1. The van der Waals surface area contributed by atoms with E-state index in [0.29, 0.717) is 35.9 Å². The number of hydrogen-bond donors (Lipinski definition) is 1. The van der Waals surface area contributed by atoms with Crippen LogP contribution in [0.3, 0.4) is 0 Å². The second-order valence-corrected chi connectivity index (χ2v) is 7.94. The summed E-state index contributed by atoms with van der Waals surface area (Å²) in [6.45, 7) is 3.51. The molecule has 1 unspecified atom stereocenters. The smallest absolute Gasteiger partial charge is 0.295 e. The first-order valence-electron chi connectivity index (χ1n) is 10.1. The maximum absolute atomic E-state index is 14.0. The van der Waals surface area contributed by atoms with Gasteiger partial charge in [-0.05, 0) is 42.0 Å². The summed E-state index contributed by atoms with van der Waals surface area (Å²) in [6, 6.07) is 11.2. The Hall–Kier alpha value is -2.74. The SMILES string of the molecule is O=C1C(=O)N(CCN2CCOCC2)C(c2cccc(F)c2)/C1=C(/O)c1ccc(Cl)cc1. The van der Waals surface area contributed by atoms with Gasteiger partial charge in [-0.25, -0.2) is 4.39 Å². The van der Waals surface area contributed by atoms with Crippen LogP contribution < -0.4 is 0 Å². The Morgan fingerprint density at radius 3 is 2.48 bits per heavy atom. The minimum Gasteiger partial charge on any atom is -0.507 e. The average molecular weight is 445 g/mol. The number of morpholine rings is 1. The number of benzene rings is 2. The highest BCUT2D eigenvalue weighted by atomic mass is 35.5. The highest BCUT2D eigenvalue weighted by Gasteiger charge is 2.46. The maximum Gasteiger partial charge on any atom is 0.295 e. The molecule has 0 bridgehead atoms. The zero-order chi connectivity index (χ0) is 22.0. The number of hydrogen-bond acceptors (Lipinski definition) is 5. The third-order valence-corrected chi connectivity index (χ3v) is 5.83. The number of amides is 1. The summed E-state index contributed by atoms with van der Waals surface area (Å²) in [5.41, 5.74) is 0.730. The van der Waals surface area contributed by atoms with Crippen molar-refractivity contribution in [1.82, 2.24) is 9.80 Å². The number of ether oxygens (including phenoxy) is 1. The highest BCUT2D eigenvalue weighted by Crippen LogP contribution is 2.39. The van der Waals surface area contributed by atoms with E-state index in [1.54, 1.807) is 30.3 Å². The Labute approximate surface area is 184 Å². The monoisotopic (exact) mass is 444 g/mol. The van der Waals surface area contributed by atoms with Gasteiger partial charge in [0.05, 0.1) is 24.8 Å². The number of carbonyl (C=O) groups excluding carboxylic acids is 2. The van der Waals surface area contributed by atoms with Gasteiger partial charge in [0.2, 0.25) is 0 Å². The molecule has 0 radical (unpaired) electrons. The molecular weight excluding hydrogens is 423 g/mol. The minimum atomic E-state index is -0.882. The molecule has 2 saturated heterocycles. The van der Waals surface area contributed by atoms with Crippen LogP contribution in [0.2, 0.25) is 5.02 Å². The number of rotatable bonds is 5.